The van der Waals surface area contributed by atoms with E-state index < -0.39 is 0 Å². The van der Waals surface area contributed by atoms with Gasteiger partial charge in [-0.15, -0.1) is 0 Å². The van der Waals surface area contributed by atoms with E-state index in [4.69, 9.17) is 4.52 Å². The number of carbonyl (C=O) groups is 1. The summed E-state index contributed by atoms with van der Waals surface area (Å²) in [5.41, 5.74) is 1.58. The highest BCUT2D eigenvalue weighted by Gasteiger charge is 2.14. The lowest BCUT2D eigenvalue weighted by Crippen LogP contribution is -2.26. The quantitative estimate of drug-likeness (QED) is 0.740. The van der Waals surface area contributed by atoms with E-state index in [2.05, 4.69) is 25.3 Å². The van der Waals surface area contributed by atoms with E-state index in [-0.39, 0.29) is 5.91 Å². The number of amides is 1. The van der Waals surface area contributed by atoms with Crippen molar-refractivity contribution in [2.45, 2.75) is 26.3 Å². The van der Waals surface area contributed by atoms with Crippen LogP contribution < -0.4 is 0 Å². The van der Waals surface area contributed by atoms with Crippen LogP contribution in [0.15, 0.2) is 35.1 Å². The summed E-state index contributed by atoms with van der Waals surface area (Å²) in [7, 11) is 1.73. The van der Waals surface area contributed by atoms with Crippen molar-refractivity contribution in [2.75, 3.05) is 7.05 Å². The molecule has 24 heavy (non-hydrogen) atoms. The third-order valence-electron chi connectivity index (χ3n) is 3.54. The van der Waals surface area contributed by atoms with Gasteiger partial charge in [-0.25, -0.2) is 4.98 Å². The van der Waals surface area contributed by atoms with E-state index in [0.29, 0.717) is 36.7 Å². The summed E-state index contributed by atoms with van der Waals surface area (Å²) in [6.07, 6.45) is 4.27. The summed E-state index contributed by atoms with van der Waals surface area (Å²) in [5, 5.41) is 10.8. The van der Waals surface area contributed by atoms with Crippen LogP contribution in [0, 0.1) is 6.92 Å². The first-order valence-corrected chi connectivity index (χ1v) is 7.59. The lowest BCUT2D eigenvalue weighted by Gasteiger charge is -2.14. The van der Waals surface area contributed by atoms with Gasteiger partial charge < -0.3 is 9.42 Å². The van der Waals surface area contributed by atoms with E-state index in [9.17, 15) is 4.79 Å². The van der Waals surface area contributed by atoms with E-state index >= 15 is 0 Å². The fourth-order valence-electron chi connectivity index (χ4n) is 2.27. The van der Waals surface area contributed by atoms with Gasteiger partial charge in [-0.3, -0.25) is 14.9 Å². The predicted molar refractivity (Wildman–Crippen MR) is 85.6 cm³/mol. The van der Waals surface area contributed by atoms with Gasteiger partial charge in [0.25, 0.3) is 0 Å². The molecular formula is C16H18N6O2. The zero-order chi connectivity index (χ0) is 16.9. The molecule has 0 spiro atoms. The molecule has 0 saturated heterocycles. The largest absolute Gasteiger partial charge is 0.359 e. The highest BCUT2D eigenvalue weighted by atomic mass is 16.5. The molecule has 0 bridgehead atoms. The van der Waals surface area contributed by atoms with Gasteiger partial charge in [0.15, 0.2) is 11.6 Å². The van der Waals surface area contributed by atoms with Crippen molar-refractivity contribution < 1.29 is 9.32 Å². The van der Waals surface area contributed by atoms with Crippen molar-refractivity contribution in [3.63, 3.8) is 0 Å². The molecule has 0 aromatic carbocycles. The van der Waals surface area contributed by atoms with E-state index in [1.165, 1.54) is 0 Å². The number of rotatable bonds is 6. The van der Waals surface area contributed by atoms with Gasteiger partial charge in [0.05, 0.1) is 6.54 Å². The molecule has 0 aliphatic carbocycles. The maximum atomic E-state index is 12.2. The number of nitrogens with zero attached hydrogens (tertiary/aromatic N) is 5. The summed E-state index contributed by atoms with van der Waals surface area (Å²) in [6, 6.07) is 5.56. The normalized spacial score (nSPS) is 10.8. The highest BCUT2D eigenvalue weighted by molar-refractivity contribution is 5.76. The fraction of sp³-hybridized carbons (Fsp3) is 0.312. The summed E-state index contributed by atoms with van der Waals surface area (Å²) in [5.74, 6) is 2.01. The number of aryl methyl sites for hydroxylation is 2. The van der Waals surface area contributed by atoms with Crippen LogP contribution in [0.2, 0.25) is 0 Å². The van der Waals surface area contributed by atoms with Crippen molar-refractivity contribution in [3.8, 4) is 11.3 Å². The molecule has 0 saturated carbocycles. The topological polar surface area (TPSA) is 101 Å². The Morgan fingerprint density at radius 2 is 2.29 bits per heavy atom. The van der Waals surface area contributed by atoms with Crippen molar-refractivity contribution in [1.29, 1.82) is 0 Å². The highest BCUT2D eigenvalue weighted by Crippen LogP contribution is 2.18. The number of carbonyl (C=O) groups excluding carboxylic acids is 1. The molecule has 1 amide bonds. The van der Waals surface area contributed by atoms with Crippen LogP contribution >= 0.6 is 0 Å². The SMILES string of the molecule is Cc1nc(CCC(=O)N(C)Cc2cc(-c3cccnc3)no2)n[nH]1. The van der Waals surface area contributed by atoms with Crippen molar-refractivity contribution in [2.24, 2.45) is 0 Å². The average molecular weight is 326 g/mol. The van der Waals surface area contributed by atoms with Crippen LogP contribution in [0.5, 0.6) is 0 Å². The summed E-state index contributed by atoms with van der Waals surface area (Å²) >= 11 is 0. The van der Waals surface area contributed by atoms with Crippen LogP contribution in [0.3, 0.4) is 0 Å². The van der Waals surface area contributed by atoms with Crippen LogP contribution in [0.25, 0.3) is 11.3 Å². The van der Waals surface area contributed by atoms with E-state index in [1.807, 2.05) is 25.1 Å². The minimum atomic E-state index is -0.00298. The van der Waals surface area contributed by atoms with Crippen molar-refractivity contribution in [1.82, 2.24) is 30.2 Å². The first kappa shape index (κ1) is 15.9. The molecule has 0 radical (unpaired) electrons. The number of aromatic amines is 1. The second-order valence-corrected chi connectivity index (χ2v) is 5.51. The molecule has 0 atom stereocenters. The molecule has 0 fully saturated rings. The molecule has 8 nitrogen and oxygen atoms in total. The zero-order valence-corrected chi connectivity index (χ0v) is 13.6. The molecule has 124 valence electrons. The Kier molecular flexibility index (Phi) is 4.64. The first-order valence-electron chi connectivity index (χ1n) is 7.59. The average Bonchev–Trinajstić information content (AvgIpc) is 3.22. The minimum absolute atomic E-state index is 0.00298. The number of aromatic nitrogens is 5. The van der Waals surface area contributed by atoms with Crippen LogP contribution in [0.1, 0.15) is 23.8 Å². The van der Waals surface area contributed by atoms with Crippen LogP contribution in [-0.4, -0.2) is 43.2 Å². The number of H-pyrrole nitrogens is 1. The smallest absolute Gasteiger partial charge is 0.223 e. The van der Waals surface area contributed by atoms with Gasteiger partial charge in [0, 0.05) is 43.9 Å². The van der Waals surface area contributed by atoms with E-state index in [0.717, 1.165) is 11.4 Å². The molecule has 3 aromatic heterocycles. The Morgan fingerprint density at radius 1 is 1.42 bits per heavy atom. The molecule has 8 heteroatoms. The Labute approximate surface area is 138 Å². The standard InChI is InChI=1S/C16H18N6O2/c1-11-18-15(20-19-11)5-6-16(23)22(2)10-13-8-14(21-24-13)12-4-3-7-17-9-12/h3-4,7-9H,5-6,10H2,1-2H3,(H,18,19,20). The third-order valence-corrected chi connectivity index (χ3v) is 3.54. The Balaban J connectivity index is 1.55. The van der Waals surface area contributed by atoms with Crippen molar-refractivity contribution in [3.05, 3.63) is 48.0 Å². The number of nitrogens with one attached hydrogen (secondary N) is 1. The Bertz CT molecular complexity index is 811. The molecule has 1 N–H and O–H groups in total. The molecule has 3 aromatic rings. The first-order chi connectivity index (χ1) is 11.6. The maximum absolute atomic E-state index is 12.2. The second-order valence-electron chi connectivity index (χ2n) is 5.51. The van der Waals surface area contributed by atoms with Gasteiger partial charge in [-0.2, -0.15) is 5.10 Å². The fourth-order valence-corrected chi connectivity index (χ4v) is 2.27. The summed E-state index contributed by atoms with van der Waals surface area (Å²) in [6.45, 7) is 2.19. The van der Waals surface area contributed by atoms with Gasteiger partial charge in [0.2, 0.25) is 5.91 Å². The number of hydrogen-bond acceptors (Lipinski definition) is 6. The molecule has 0 aliphatic rings. The van der Waals surface area contributed by atoms with Gasteiger partial charge >= 0.3 is 0 Å². The Morgan fingerprint density at radius 3 is 3.00 bits per heavy atom. The minimum Gasteiger partial charge on any atom is -0.359 e. The molecule has 0 unspecified atom stereocenters. The van der Waals surface area contributed by atoms with Crippen LogP contribution in [-0.2, 0) is 17.8 Å². The maximum Gasteiger partial charge on any atom is 0.223 e. The van der Waals surface area contributed by atoms with E-state index in [1.54, 1.807) is 24.3 Å². The monoisotopic (exact) mass is 326 g/mol. The molecular weight excluding hydrogens is 308 g/mol. The van der Waals surface area contributed by atoms with Gasteiger partial charge in [0.1, 0.15) is 11.5 Å². The zero-order valence-electron chi connectivity index (χ0n) is 13.6. The molecule has 3 rings (SSSR count). The second kappa shape index (κ2) is 7.03. The predicted octanol–water partition coefficient (Wildman–Crippen LogP) is 1.75. The molecule has 3 heterocycles. The Hall–Kier alpha value is -3.03. The van der Waals surface area contributed by atoms with Crippen LogP contribution in [0.4, 0.5) is 0 Å². The van der Waals surface area contributed by atoms with Gasteiger partial charge in [-0.1, -0.05) is 5.16 Å². The number of pyridine rings is 1. The summed E-state index contributed by atoms with van der Waals surface area (Å²) < 4.78 is 5.30. The lowest BCUT2D eigenvalue weighted by molar-refractivity contribution is -0.130. The number of hydrogen-bond donors (Lipinski definition) is 1. The summed E-state index contributed by atoms with van der Waals surface area (Å²) in [4.78, 5) is 22.0. The third kappa shape index (κ3) is 3.83. The molecule has 0 aliphatic heterocycles. The lowest BCUT2D eigenvalue weighted by atomic mass is 10.2. The van der Waals surface area contributed by atoms with Crippen molar-refractivity contribution >= 4 is 5.91 Å². The van der Waals surface area contributed by atoms with Gasteiger partial charge in [-0.05, 0) is 19.1 Å².